The summed E-state index contributed by atoms with van der Waals surface area (Å²) in [7, 11) is 0. The first kappa shape index (κ1) is 17.8. The molecule has 1 aliphatic heterocycles. The van der Waals surface area contributed by atoms with Crippen molar-refractivity contribution >= 4 is 5.91 Å². The fourth-order valence-electron chi connectivity index (χ4n) is 2.77. The van der Waals surface area contributed by atoms with Gasteiger partial charge >= 0.3 is 6.18 Å². The largest absolute Gasteiger partial charge is 0.416 e. The van der Waals surface area contributed by atoms with Crippen LogP contribution in [0.1, 0.15) is 38.3 Å². The van der Waals surface area contributed by atoms with Gasteiger partial charge in [-0.2, -0.15) is 13.2 Å². The number of benzene rings is 1. The van der Waals surface area contributed by atoms with Gasteiger partial charge < -0.3 is 5.32 Å². The first-order valence-corrected chi connectivity index (χ1v) is 7.75. The number of hydrogen-bond acceptors (Lipinski definition) is 2. The molecule has 128 valence electrons. The van der Waals surface area contributed by atoms with Gasteiger partial charge in [0.05, 0.1) is 11.5 Å². The predicted molar refractivity (Wildman–Crippen MR) is 82.7 cm³/mol. The predicted octanol–water partition coefficient (Wildman–Crippen LogP) is 3.44. The number of amides is 1. The third kappa shape index (κ3) is 5.23. The van der Waals surface area contributed by atoms with Crippen LogP contribution in [0, 0.1) is 5.92 Å². The molecule has 0 spiro atoms. The van der Waals surface area contributed by atoms with E-state index in [4.69, 9.17) is 0 Å². The molecule has 1 atom stereocenters. The highest BCUT2D eigenvalue weighted by atomic mass is 19.4. The van der Waals surface area contributed by atoms with Crippen molar-refractivity contribution in [3.8, 4) is 0 Å². The smallest absolute Gasteiger partial charge is 0.351 e. The molecule has 0 saturated carbocycles. The van der Waals surface area contributed by atoms with E-state index in [1.54, 1.807) is 6.07 Å². The van der Waals surface area contributed by atoms with Crippen molar-refractivity contribution in [3.05, 3.63) is 35.4 Å². The summed E-state index contributed by atoms with van der Waals surface area (Å²) in [6.45, 7) is 7.53. The molecule has 0 aromatic heterocycles. The van der Waals surface area contributed by atoms with Crippen LogP contribution in [-0.4, -0.2) is 29.4 Å². The Balaban J connectivity index is 1.95. The fraction of sp³-hybridized carbons (Fsp3) is 0.588. The fourth-order valence-corrected chi connectivity index (χ4v) is 2.77. The second kappa shape index (κ2) is 6.51. The van der Waals surface area contributed by atoms with Crippen molar-refractivity contribution in [3.63, 3.8) is 0 Å². The Morgan fingerprint density at radius 1 is 1.30 bits per heavy atom. The van der Waals surface area contributed by atoms with Crippen molar-refractivity contribution < 1.29 is 18.0 Å². The number of hydrogen-bond donors (Lipinski definition) is 1. The molecule has 1 aromatic rings. The zero-order valence-electron chi connectivity index (χ0n) is 13.7. The minimum absolute atomic E-state index is 0.0176. The maximum atomic E-state index is 12.7. The Morgan fingerprint density at radius 2 is 2.00 bits per heavy atom. The van der Waals surface area contributed by atoms with Crippen LogP contribution in [0.5, 0.6) is 0 Å². The van der Waals surface area contributed by atoms with Crippen LogP contribution < -0.4 is 5.32 Å². The lowest BCUT2D eigenvalue weighted by atomic mass is 10.0. The molecule has 0 radical (unpaired) electrons. The van der Waals surface area contributed by atoms with E-state index in [0.29, 0.717) is 18.7 Å². The topological polar surface area (TPSA) is 32.3 Å². The first-order chi connectivity index (χ1) is 10.5. The van der Waals surface area contributed by atoms with Crippen LogP contribution in [0.4, 0.5) is 13.2 Å². The van der Waals surface area contributed by atoms with Crippen LogP contribution in [-0.2, 0) is 17.5 Å². The Bertz CT molecular complexity index is 564. The molecule has 1 aromatic carbocycles. The average molecular weight is 328 g/mol. The van der Waals surface area contributed by atoms with Gasteiger partial charge in [0, 0.05) is 18.6 Å². The van der Waals surface area contributed by atoms with Gasteiger partial charge in [0.1, 0.15) is 0 Å². The minimum atomic E-state index is -4.32. The number of rotatable bonds is 3. The van der Waals surface area contributed by atoms with Gasteiger partial charge in [-0.1, -0.05) is 18.2 Å². The SMILES string of the molecule is CC(C)(C)NC(=O)C1CCN(Cc2cccc(C(F)(F)F)c2)C1. The van der Waals surface area contributed by atoms with Gasteiger partial charge in [-0.15, -0.1) is 0 Å². The molecule has 6 heteroatoms. The van der Waals surface area contributed by atoms with E-state index in [1.165, 1.54) is 12.1 Å². The van der Waals surface area contributed by atoms with Crippen LogP contribution in [0.25, 0.3) is 0 Å². The van der Waals surface area contributed by atoms with E-state index in [-0.39, 0.29) is 17.4 Å². The third-order valence-corrected chi connectivity index (χ3v) is 3.80. The monoisotopic (exact) mass is 328 g/mol. The molecular weight excluding hydrogens is 305 g/mol. The zero-order chi connectivity index (χ0) is 17.3. The summed E-state index contributed by atoms with van der Waals surface area (Å²) < 4.78 is 38.2. The third-order valence-electron chi connectivity index (χ3n) is 3.80. The number of alkyl halides is 3. The minimum Gasteiger partial charge on any atom is -0.351 e. The molecule has 1 N–H and O–H groups in total. The van der Waals surface area contributed by atoms with Gasteiger partial charge in [-0.05, 0) is 45.4 Å². The number of likely N-dealkylation sites (tertiary alicyclic amines) is 1. The Labute approximate surface area is 134 Å². The van der Waals surface area contributed by atoms with Crippen LogP contribution >= 0.6 is 0 Å². The first-order valence-electron chi connectivity index (χ1n) is 7.75. The molecule has 1 unspecified atom stereocenters. The van der Waals surface area contributed by atoms with E-state index in [0.717, 1.165) is 19.0 Å². The molecular formula is C17H23F3N2O. The number of nitrogens with one attached hydrogen (secondary N) is 1. The van der Waals surface area contributed by atoms with Crippen LogP contribution in [0.3, 0.4) is 0 Å². The summed E-state index contributed by atoms with van der Waals surface area (Å²) in [5.41, 5.74) is -0.279. The molecule has 2 rings (SSSR count). The Hall–Kier alpha value is -1.56. The average Bonchev–Trinajstić information content (AvgIpc) is 2.85. The van der Waals surface area contributed by atoms with Gasteiger partial charge in [0.15, 0.2) is 0 Å². The summed E-state index contributed by atoms with van der Waals surface area (Å²) in [6, 6.07) is 5.38. The summed E-state index contributed by atoms with van der Waals surface area (Å²) in [6.07, 6.45) is -3.59. The normalized spacial score (nSPS) is 19.8. The van der Waals surface area contributed by atoms with E-state index in [9.17, 15) is 18.0 Å². The van der Waals surface area contributed by atoms with Crippen molar-refractivity contribution in [2.45, 2.75) is 45.5 Å². The standard InChI is InChI=1S/C17H23F3N2O/c1-16(2,3)21-15(23)13-7-8-22(11-13)10-12-5-4-6-14(9-12)17(18,19)20/h4-6,9,13H,7-8,10-11H2,1-3H3,(H,21,23). The molecule has 0 bridgehead atoms. The van der Waals surface area contributed by atoms with E-state index in [2.05, 4.69) is 5.32 Å². The Kier molecular flexibility index (Phi) is 5.04. The highest BCUT2D eigenvalue weighted by molar-refractivity contribution is 5.79. The number of carbonyl (C=O) groups is 1. The van der Waals surface area contributed by atoms with Gasteiger partial charge in [0.2, 0.25) is 5.91 Å². The van der Waals surface area contributed by atoms with Crippen LogP contribution in [0.15, 0.2) is 24.3 Å². The van der Waals surface area contributed by atoms with E-state index in [1.807, 2.05) is 25.7 Å². The van der Waals surface area contributed by atoms with Crippen molar-refractivity contribution in [1.82, 2.24) is 10.2 Å². The second-order valence-corrected chi connectivity index (χ2v) is 7.16. The Morgan fingerprint density at radius 3 is 2.61 bits per heavy atom. The zero-order valence-corrected chi connectivity index (χ0v) is 13.7. The highest BCUT2D eigenvalue weighted by Gasteiger charge is 2.32. The molecule has 1 fully saturated rings. The number of nitrogens with zero attached hydrogens (tertiary/aromatic N) is 1. The second-order valence-electron chi connectivity index (χ2n) is 7.16. The van der Waals surface area contributed by atoms with E-state index >= 15 is 0 Å². The lowest BCUT2D eigenvalue weighted by Gasteiger charge is -2.23. The van der Waals surface area contributed by atoms with Gasteiger partial charge in [0.25, 0.3) is 0 Å². The number of carbonyl (C=O) groups excluding carboxylic acids is 1. The molecule has 23 heavy (non-hydrogen) atoms. The molecule has 1 heterocycles. The number of halogens is 3. The lowest BCUT2D eigenvalue weighted by molar-refractivity contribution is -0.137. The maximum Gasteiger partial charge on any atom is 0.416 e. The summed E-state index contributed by atoms with van der Waals surface area (Å²) in [4.78, 5) is 14.2. The maximum absolute atomic E-state index is 12.7. The van der Waals surface area contributed by atoms with E-state index < -0.39 is 11.7 Å². The summed E-state index contributed by atoms with van der Waals surface area (Å²) >= 11 is 0. The van der Waals surface area contributed by atoms with Crippen molar-refractivity contribution in [2.75, 3.05) is 13.1 Å². The molecule has 1 saturated heterocycles. The van der Waals surface area contributed by atoms with Crippen molar-refractivity contribution in [1.29, 1.82) is 0 Å². The highest BCUT2D eigenvalue weighted by Crippen LogP contribution is 2.30. The van der Waals surface area contributed by atoms with Gasteiger partial charge in [-0.25, -0.2) is 0 Å². The molecule has 1 amide bonds. The molecule has 3 nitrogen and oxygen atoms in total. The molecule has 1 aliphatic rings. The molecule has 0 aliphatic carbocycles. The summed E-state index contributed by atoms with van der Waals surface area (Å²) in [5, 5.41) is 2.96. The quantitative estimate of drug-likeness (QED) is 0.922. The van der Waals surface area contributed by atoms with Crippen LogP contribution in [0.2, 0.25) is 0 Å². The summed E-state index contributed by atoms with van der Waals surface area (Å²) in [5.74, 6) is -0.0796. The lowest BCUT2D eigenvalue weighted by Crippen LogP contribution is -2.44. The van der Waals surface area contributed by atoms with Gasteiger partial charge in [-0.3, -0.25) is 9.69 Å². The van der Waals surface area contributed by atoms with Crippen molar-refractivity contribution in [2.24, 2.45) is 5.92 Å².